The summed E-state index contributed by atoms with van der Waals surface area (Å²) in [7, 11) is 3.77. The number of hydrogen-bond acceptors (Lipinski definition) is 4. The smallest absolute Gasteiger partial charge is 0.193 e. The first-order valence-corrected chi connectivity index (χ1v) is 9.65. The summed E-state index contributed by atoms with van der Waals surface area (Å²) in [5, 5.41) is 3.15. The molecule has 7 heteroatoms. The van der Waals surface area contributed by atoms with Gasteiger partial charge in [-0.2, -0.15) is 0 Å². The van der Waals surface area contributed by atoms with Crippen LogP contribution < -0.4 is 15.8 Å². The number of guanidine groups is 1. The molecule has 0 radical (unpaired) electrons. The van der Waals surface area contributed by atoms with Gasteiger partial charge in [0.15, 0.2) is 5.96 Å². The van der Waals surface area contributed by atoms with Crippen LogP contribution in [0.3, 0.4) is 0 Å². The molecule has 0 aliphatic rings. The Bertz CT molecular complexity index is 755. The standard InChI is InChI=1S/C22H32N4O2.HI/c1-4-18-7-5-9-20(15-18)25-22(23)24-17-19-8-6-10-21(16-19)28-14-12-26(2)11-13-27-3;/h5-10,15-16H,4,11-14,17H2,1-3H3,(H3,23,24,25);1H. The fourth-order valence-electron chi connectivity index (χ4n) is 2.64. The largest absolute Gasteiger partial charge is 0.492 e. The molecule has 0 spiro atoms. The molecule has 0 bridgehead atoms. The molecule has 0 amide bonds. The maximum Gasteiger partial charge on any atom is 0.193 e. The van der Waals surface area contributed by atoms with Gasteiger partial charge in [-0.15, -0.1) is 24.0 Å². The number of likely N-dealkylation sites (N-methyl/N-ethyl adjacent to an activating group) is 1. The number of halogens is 1. The van der Waals surface area contributed by atoms with Crippen LogP contribution in [0.5, 0.6) is 5.75 Å². The molecule has 0 unspecified atom stereocenters. The van der Waals surface area contributed by atoms with E-state index in [1.165, 1.54) is 5.56 Å². The lowest BCUT2D eigenvalue weighted by atomic mass is 10.1. The maximum absolute atomic E-state index is 6.03. The zero-order valence-electron chi connectivity index (χ0n) is 17.6. The number of ether oxygens (including phenoxy) is 2. The fourth-order valence-corrected chi connectivity index (χ4v) is 2.64. The average Bonchev–Trinajstić information content (AvgIpc) is 2.71. The van der Waals surface area contributed by atoms with Crippen LogP contribution >= 0.6 is 24.0 Å². The first-order chi connectivity index (χ1) is 13.6. The molecule has 2 aromatic carbocycles. The molecule has 0 heterocycles. The van der Waals surface area contributed by atoms with Crippen molar-refractivity contribution in [3.8, 4) is 5.75 Å². The maximum atomic E-state index is 6.03. The van der Waals surface area contributed by atoms with E-state index in [0.29, 0.717) is 19.1 Å². The highest BCUT2D eigenvalue weighted by atomic mass is 127. The predicted octanol–water partition coefficient (Wildman–Crippen LogP) is 3.75. The predicted molar refractivity (Wildman–Crippen MR) is 131 cm³/mol. The molecule has 0 aromatic heterocycles. The lowest BCUT2D eigenvalue weighted by molar-refractivity contribution is 0.150. The van der Waals surface area contributed by atoms with Crippen LogP contribution in [0.1, 0.15) is 18.1 Å². The van der Waals surface area contributed by atoms with Gasteiger partial charge in [-0.05, 0) is 48.9 Å². The number of anilines is 1. The highest BCUT2D eigenvalue weighted by Crippen LogP contribution is 2.15. The third-order valence-corrected chi connectivity index (χ3v) is 4.36. The van der Waals surface area contributed by atoms with E-state index in [9.17, 15) is 0 Å². The van der Waals surface area contributed by atoms with Gasteiger partial charge in [0.05, 0.1) is 13.2 Å². The Balaban J connectivity index is 0.00000420. The Morgan fingerprint density at radius 1 is 1.07 bits per heavy atom. The molecule has 2 rings (SSSR count). The van der Waals surface area contributed by atoms with Gasteiger partial charge in [0, 0.05) is 25.9 Å². The van der Waals surface area contributed by atoms with Gasteiger partial charge in [-0.25, -0.2) is 4.99 Å². The van der Waals surface area contributed by atoms with Crippen molar-refractivity contribution in [1.82, 2.24) is 4.90 Å². The normalized spacial score (nSPS) is 11.2. The molecule has 2 aromatic rings. The summed E-state index contributed by atoms with van der Waals surface area (Å²) in [5.41, 5.74) is 9.30. The quantitative estimate of drug-likeness (QED) is 0.273. The van der Waals surface area contributed by atoms with Crippen molar-refractivity contribution < 1.29 is 9.47 Å². The van der Waals surface area contributed by atoms with Crippen LogP contribution in [0, 0.1) is 0 Å². The number of hydrogen-bond donors (Lipinski definition) is 2. The van der Waals surface area contributed by atoms with Crippen molar-refractivity contribution >= 4 is 35.6 Å². The van der Waals surface area contributed by atoms with Gasteiger partial charge >= 0.3 is 0 Å². The number of nitrogens with two attached hydrogens (primary N) is 1. The molecule has 160 valence electrons. The SMILES string of the molecule is CCc1cccc(NC(N)=NCc2cccc(OCCN(C)CCOC)c2)c1.I. The van der Waals surface area contributed by atoms with Crippen LogP contribution in [0.4, 0.5) is 5.69 Å². The van der Waals surface area contributed by atoms with Gasteiger partial charge < -0.3 is 25.4 Å². The van der Waals surface area contributed by atoms with Gasteiger partial charge in [0.1, 0.15) is 12.4 Å². The van der Waals surface area contributed by atoms with E-state index >= 15 is 0 Å². The van der Waals surface area contributed by atoms with Crippen molar-refractivity contribution in [3.05, 3.63) is 59.7 Å². The Kier molecular flexibility index (Phi) is 12.3. The van der Waals surface area contributed by atoms with Crippen LogP contribution in [0.15, 0.2) is 53.5 Å². The van der Waals surface area contributed by atoms with Gasteiger partial charge in [0.2, 0.25) is 0 Å². The summed E-state index contributed by atoms with van der Waals surface area (Å²) in [6.45, 7) is 5.72. The monoisotopic (exact) mass is 512 g/mol. The minimum atomic E-state index is 0. The van der Waals surface area contributed by atoms with Gasteiger partial charge in [0.25, 0.3) is 0 Å². The number of methoxy groups -OCH3 is 1. The summed E-state index contributed by atoms with van der Waals surface area (Å²) >= 11 is 0. The second-order valence-corrected chi connectivity index (χ2v) is 6.67. The molecule has 0 fully saturated rings. The van der Waals surface area contributed by atoms with E-state index < -0.39 is 0 Å². The minimum Gasteiger partial charge on any atom is -0.492 e. The van der Waals surface area contributed by atoms with Crippen LogP contribution in [-0.4, -0.2) is 51.3 Å². The van der Waals surface area contributed by atoms with E-state index in [1.54, 1.807) is 7.11 Å². The summed E-state index contributed by atoms with van der Waals surface area (Å²) in [5.74, 6) is 1.24. The molecule has 3 N–H and O–H groups in total. The van der Waals surface area contributed by atoms with Gasteiger partial charge in [-0.3, -0.25) is 0 Å². The van der Waals surface area contributed by atoms with Crippen molar-refractivity contribution in [2.45, 2.75) is 19.9 Å². The van der Waals surface area contributed by atoms with Crippen LogP contribution in [0.2, 0.25) is 0 Å². The number of rotatable bonds is 11. The number of aryl methyl sites for hydroxylation is 1. The first-order valence-electron chi connectivity index (χ1n) is 9.65. The number of benzene rings is 2. The molecule has 0 saturated heterocycles. The summed E-state index contributed by atoms with van der Waals surface area (Å²) < 4.78 is 10.9. The lowest BCUT2D eigenvalue weighted by Crippen LogP contribution is -2.27. The van der Waals surface area contributed by atoms with E-state index in [-0.39, 0.29) is 24.0 Å². The van der Waals surface area contributed by atoms with Crippen LogP contribution in [-0.2, 0) is 17.7 Å². The molecule has 0 atom stereocenters. The first kappa shape index (κ1) is 25.2. The molecular weight excluding hydrogens is 479 g/mol. The summed E-state index contributed by atoms with van der Waals surface area (Å²) in [6.07, 6.45) is 0.988. The highest BCUT2D eigenvalue weighted by Gasteiger charge is 2.01. The van der Waals surface area contributed by atoms with Crippen LogP contribution in [0.25, 0.3) is 0 Å². The van der Waals surface area contributed by atoms with E-state index in [4.69, 9.17) is 15.2 Å². The number of nitrogens with one attached hydrogen (secondary N) is 1. The minimum absolute atomic E-state index is 0. The van der Waals surface area contributed by atoms with Crippen molar-refractivity contribution in [1.29, 1.82) is 0 Å². The summed E-state index contributed by atoms with van der Waals surface area (Å²) in [6, 6.07) is 16.1. The Morgan fingerprint density at radius 3 is 2.55 bits per heavy atom. The molecule has 29 heavy (non-hydrogen) atoms. The fraction of sp³-hybridized carbons (Fsp3) is 0.409. The zero-order valence-corrected chi connectivity index (χ0v) is 19.9. The Hall–Kier alpha value is -1.84. The average molecular weight is 512 g/mol. The third-order valence-electron chi connectivity index (χ3n) is 4.36. The summed E-state index contributed by atoms with van der Waals surface area (Å²) in [4.78, 5) is 6.61. The van der Waals surface area contributed by atoms with Crippen molar-refractivity contribution in [2.24, 2.45) is 10.7 Å². The van der Waals surface area contributed by atoms with E-state index in [0.717, 1.165) is 43.1 Å². The second kappa shape index (κ2) is 14.2. The van der Waals surface area contributed by atoms with Crippen molar-refractivity contribution in [3.63, 3.8) is 0 Å². The molecule has 0 saturated carbocycles. The number of aliphatic imine (C=N–C) groups is 1. The van der Waals surface area contributed by atoms with E-state index in [2.05, 4.69) is 41.3 Å². The zero-order chi connectivity index (χ0) is 20.2. The van der Waals surface area contributed by atoms with Crippen molar-refractivity contribution in [2.75, 3.05) is 45.8 Å². The molecule has 0 aliphatic heterocycles. The topological polar surface area (TPSA) is 72.1 Å². The Morgan fingerprint density at radius 2 is 1.79 bits per heavy atom. The molecular formula is C22H33IN4O2. The highest BCUT2D eigenvalue weighted by molar-refractivity contribution is 14.0. The van der Waals surface area contributed by atoms with E-state index in [1.807, 2.05) is 36.4 Å². The second-order valence-electron chi connectivity index (χ2n) is 6.67. The third kappa shape index (κ3) is 9.96. The van der Waals surface area contributed by atoms with Gasteiger partial charge in [-0.1, -0.05) is 31.2 Å². The Labute approximate surface area is 191 Å². The molecule has 6 nitrogen and oxygen atoms in total. The lowest BCUT2D eigenvalue weighted by Gasteiger charge is -2.16. The molecule has 0 aliphatic carbocycles. The number of nitrogens with zero attached hydrogens (tertiary/aromatic N) is 2.